The SMILES string of the molecule is CC(C)(C)c1ccc2cc(C(=O)NC(Cc3ccccc3)C(=O)NC3CC3)[nH]c2c1. The normalized spacial score (nSPS) is 15.0. The topological polar surface area (TPSA) is 74.0 Å². The van der Waals surface area contributed by atoms with Gasteiger partial charge in [-0.3, -0.25) is 9.59 Å². The fourth-order valence-corrected chi connectivity index (χ4v) is 3.54. The van der Waals surface area contributed by atoms with Gasteiger partial charge in [0.05, 0.1) is 0 Å². The van der Waals surface area contributed by atoms with E-state index in [1.807, 2.05) is 42.5 Å². The molecule has 30 heavy (non-hydrogen) atoms. The predicted molar refractivity (Wildman–Crippen MR) is 120 cm³/mol. The van der Waals surface area contributed by atoms with Crippen LogP contribution in [-0.4, -0.2) is 28.9 Å². The Balaban J connectivity index is 1.54. The van der Waals surface area contributed by atoms with Crippen molar-refractivity contribution in [2.75, 3.05) is 0 Å². The van der Waals surface area contributed by atoms with Gasteiger partial charge in [0.15, 0.2) is 0 Å². The van der Waals surface area contributed by atoms with E-state index in [1.165, 1.54) is 5.56 Å². The zero-order valence-corrected chi connectivity index (χ0v) is 17.8. The summed E-state index contributed by atoms with van der Waals surface area (Å²) in [6.07, 6.45) is 2.48. The van der Waals surface area contributed by atoms with Crippen LogP contribution in [0.4, 0.5) is 0 Å². The molecule has 1 heterocycles. The molecule has 1 saturated carbocycles. The lowest BCUT2D eigenvalue weighted by Crippen LogP contribution is -2.48. The van der Waals surface area contributed by atoms with Gasteiger partial charge in [0, 0.05) is 23.4 Å². The Morgan fingerprint density at radius 3 is 2.47 bits per heavy atom. The van der Waals surface area contributed by atoms with Crippen molar-refractivity contribution in [3.8, 4) is 0 Å². The zero-order valence-electron chi connectivity index (χ0n) is 17.8. The van der Waals surface area contributed by atoms with Crippen LogP contribution in [0.15, 0.2) is 54.6 Å². The minimum Gasteiger partial charge on any atom is -0.352 e. The van der Waals surface area contributed by atoms with Crippen LogP contribution in [0, 0.1) is 0 Å². The summed E-state index contributed by atoms with van der Waals surface area (Å²) in [5.74, 6) is -0.392. The fourth-order valence-electron chi connectivity index (χ4n) is 3.54. The number of nitrogens with one attached hydrogen (secondary N) is 3. The minimum atomic E-state index is -0.614. The van der Waals surface area contributed by atoms with Crippen molar-refractivity contribution in [2.45, 2.75) is 57.5 Å². The van der Waals surface area contributed by atoms with E-state index in [0.717, 1.165) is 29.3 Å². The van der Waals surface area contributed by atoms with Crippen LogP contribution in [0.3, 0.4) is 0 Å². The predicted octanol–water partition coefficient (Wildman–Crippen LogP) is 4.09. The van der Waals surface area contributed by atoms with Gasteiger partial charge in [-0.05, 0) is 41.5 Å². The molecule has 3 N–H and O–H groups in total. The number of fused-ring (bicyclic) bond motifs is 1. The smallest absolute Gasteiger partial charge is 0.268 e. The molecule has 5 nitrogen and oxygen atoms in total. The first-order valence-corrected chi connectivity index (χ1v) is 10.6. The largest absolute Gasteiger partial charge is 0.352 e. The Morgan fingerprint density at radius 1 is 1.07 bits per heavy atom. The number of hydrogen-bond donors (Lipinski definition) is 3. The third-order valence-corrected chi connectivity index (χ3v) is 5.56. The van der Waals surface area contributed by atoms with Crippen molar-refractivity contribution >= 4 is 22.7 Å². The second-order valence-corrected chi connectivity index (χ2v) is 9.23. The number of amides is 2. The first-order chi connectivity index (χ1) is 14.3. The van der Waals surface area contributed by atoms with E-state index in [9.17, 15) is 9.59 Å². The highest BCUT2D eigenvalue weighted by Gasteiger charge is 2.29. The summed E-state index contributed by atoms with van der Waals surface area (Å²) >= 11 is 0. The van der Waals surface area contributed by atoms with Crippen LogP contribution in [-0.2, 0) is 16.6 Å². The monoisotopic (exact) mass is 403 g/mol. The Hall–Kier alpha value is -3.08. The van der Waals surface area contributed by atoms with Gasteiger partial charge >= 0.3 is 0 Å². The molecule has 4 rings (SSSR count). The summed E-state index contributed by atoms with van der Waals surface area (Å²) in [7, 11) is 0. The average Bonchev–Trinajstić information content (AvgIpc) is 3.41. The van der Waals surface area contributed by atoms with Gasteiger partial charge in [-0.25, -0.2) is 0 Å². The highest BCUT2D eigenvalue weighted by Crippen LogP contribution is 2.26. The summed E-state index contributed by atoms with van der Waals surface area (Å²) in [4.78, 5) is 29.0. The molecule has 0 bridgehead atoms. The summed E-state index contributed by atoms with van der Waals surface area (Å²) in [5.41, 5.74) is 3.64. The summed E-state index contributed by atoms with van der Waals surface area (Å²) in [6.45, 7) is 6.49. The van der Waals surface area contributed by atoms with E-state index in [1.54, 1.807) is 0 Å². The third-order valence-electron chi connectivity index (χ3n) is 5.56. The summed E-state index contributed by atoms with van der Waals surface area (Å²) in [5, 5.41) is 6.94. The van der Waals surface area contributed by atoms with Gasteiger partial charge in [-0.15, -0.1) is 0 Å². The van der Waals surface area contributed by atoms with E-state index < -0.39 is 6.04 Å². The van der Waals surface area contributed by atoms with E-state index in [4.69, 9.17) is 0 Å². The lowest BCUT2D eigenvalue weighted by atomic mass is 9.87. The number of carbonyl (C=O) groups excluding carboxylic acids is 2. The molecule has 3 aromatic rings. The van der Waals surface area contributed by atoms with Crippen LogP contribution in [0.25, 0.3) is 10.9 Å². The lowest BCUT2D eigenvalue weighted by molar-refractivity contribution is -0.123. The standard InChI is InChI=1S/C25H29N3O2/c1-25(2,3)18-10-9-17-14-22(27-20(17)15-18)24(30)28-21(23(29)26-19-11-12-19)13-16-7-5-4-6-8-16/h4-10,14-15,19,21,27H,11-13H2,1-3H3,(H,26,29)(H,28,30). The first kappa shape index (κ1) is 20.2. The van der Waals surface area contributed by atoms with E-state index in [2.05, 4.69) is 48.5 Å². The maximum atomic E-state index is 13.0. The Kier molecular flexibility index (Phi) is 5.37. The van der Waals surface area contributed by atoms with Crippen molar-refractivity contribution in [2.24, 2.45) is 0 Å². The molecule has 5 heteroatoms. The van der Waals surface area contributed by atoms with Crippen molar-refractivity contribution < 1.29 is 9.59 Å². The van der Waals surface area contributed by atoms with Gasteiger partial charge in [0.1, 0.15) is 11.7 Å². The van der Waals surface area contributed by atoms with Gasteiger partial charge in [0.25, 0.3) is 5.91 Å². The maximum Gasteiger partial charge on any atom is 0.268 e. The van der Waals surface area contributed by atoms with Crippen LogP contribution in [0.2, 0.25) is 0 Å². The highest BCUT2D eigenvalue weighted by atomic mass is 16.2. The molecule has 0 aliphatic heterocycles. The number of H-pyrrole nitrogens is 1. The average molecular weight is 404 g/mol. The molecule has 0 radical (unpaired) electrons. The van der Waals surface area contributed by atoms with E-state index in [-0.39, 0.29) is 23.3 Å². The van der Waals surface area contributed by atoms with Gasteiger partial charge in [0.2, 0.25) is 5.91 Å². The van der Waals surface area contributed by atoms with Gasteiger partial charge in [-0.2, -0.15) is 0 Å². The number of aromatic nitrogens is 1. The summed E-state index contributed by atoms with van der Waals surface area (Å²) < 4.78 is 0. The molecular weight excluding hydrogens is 374 g/mol. The number of benzene rings is 2. The molecule has 2 aromatic carbocycles. The number of carbonyl (C=O) groups is 2. The number of rotatable bonds is 6. The van der Waals surface area contributed by atoms with Gasteiger partial charge < -0.3 is 15.6 Å². The van der Waals surface area contributed by atoms with Gasteiger partial charge in [-0.1, -0.05) is 63.2 Å². The zero-order chi connectivity index (χ0) is 21.3. The molecule has 2 amide bonds. The summed E-state index contributed by atoms with van der Waals surface area (Å²) in [6, 6.07) is 17.5. The molecule has 1 aliphatic rings. The molecule has 1 atom stereocenters. The molecular formula is C25H29N3O2. The quantitative estimate of drug-likeness (QED) is 0.580. The Bertz CT molecular complexity index is 1060. The Morgan fingerprint density at radius 2 is 1.80 bits per heavy atom. The molecule has 0 saturated heterocycles. The van der Waals surface area contributed by atoms with Crippen molar-refractivity contribution in [1.29, 1.82) is 0 Å². The molecule has 1 aromatic heterocycles. The molecule has 156 valence electrons. The highest BCUT2D eigenvalue weighted by molar-refractivity contribution is 6.00. The molecule has 1 aliphatic carbocycles. The minimum absolute atomic E-state index is 0.0312. The van der Waals surface area contributed by atoms with E-state index >= 15 is 0 Å². The third kappa shape index (κ3) is 4.73. The maximum absolute atomic E-state index is 13.0. The Labute approximate surface area is 177 Å². The first-order valence-electron chi connectivity index (χ1n) is 10.6. The second kappa shape index (κ2) is 7.98. The van der Waals surface area contributed by atoms with Crippen LogP contribution >= 0.6 is 0 Å². The molecule has 1 unspecified atom stereocenters. The molecule has 1 fully saturated rings. The van der Waals surface area contributed by atoms with E-state index in [0.29, 0.717) is 12.1 Å². The number of hydrogen-bond acceptors (Lipinski definition) is 2. The fraction of sp³-hybridized carbons (Fsp3) is 0.360. The second-order valence-electron chi connectivity index (χ2n) is 9.23. The van der Waals surface area contributed by atoms with Crippen molar-refractivity contribution in [3.63, 3.8) is 0 Å². The van der Waals surface area contributed by atoms with Crippen LogP contribution < -0.4 is 10.6 Å². The lowest BCUT2D eigenvalue weighted by Gasteiger charge is -2.18. The van der Waals surface area contributed by atoms with Crippen molar-refractivity contribution in [1.82, 2.24) is 15.6 Å². The number of aromatic amines is 1. The van der Waals surface area contributed by atoms with Crippen LogP contribution in [0.5, 0.6) is 0 Å². The van der Waals surface area contributed by atoms with Crippen molar-refractivity contribution in [3.05, 3.63) is 71.4 Å². The van der Waals surface area contributed by atoms with Crippen LogP contribution in [0.1, 0.15) is 55.2 Å². The molecule has 0 spiro atoms.